The summed E-state index contributed by atoms with van der Waals surface area (Å²) in [6.07, 6.45) is 1.24. The first-order chi connectivity index (χ1) is 8.49. The lowest BCUT2D eigenvalue weighted by molar-refractivity contribution is 0.0696. The van der Waals surface area contributed by atoms with Crippen LogP contribution in [0.2, 0.25) is 15.1 Å². The first kappa shape index (κ1) is 13.1. The number of rotatable bonds is 2. The average molecular weight is 303 g/mol. The fourth-order valence-corrected chi connectivity index (χ4v) is 1.98. The van der Waals surface area contributed by atoms with Crippen molar-refractivity contribution >= 4 is 40.8 Å². The van der Waals surface area contributed by atoms with E-state index in [0.29, 0.717) is 21.3 Å². The summed E-state index contributed by atoms with van der Waals surface area (Å²) in [7, 11) is 0. The molecule has 3 nitrogen and oxygen atoms in total. The Balaban J connectivity index is 2.51. The van der Waals surface area contributed by atoms with Gasteiger partial charge in [-0.1, -0.05) is 40.9 Å². The van der Waals surface area contributed by atoms with Crippen LogP contribution in [0.4, 0.5) is 0 Å². The number of carbonyl (C=O) groups is 1. The number of halogens is 3. The van der Waals surface area contributed by atoms with Crippen LogP contribution in [-0.2, 0) is 0 Å². The number of carboxylic acids is 1. The van der Waals surface area contributed by atoms with E-state index < -0.39 is 5.97 Å². The van der Waals surface area contributed by atoms with Gasteiger partial charge in [0.2, 0.25) is 0 Å². The van der Waals surface area contributed by atoms with Gasteiger partial charge in [-0.2, -0.15) is 0 Å². The van der Waals surface area contributed by atoms with Crippen LogP contribution in [0.1, 0.15) is 10.4 Å². The summed E-state index contributed by atoms with van der Waals surface area (Å²) in [6.45, 7) is 0. The molecule has 18 heavy (non-hydrogen) atoms. The highest BCUT2D eigenvalue weighted by atomic mass is 35.5. The fraction of sp³-hybridized carbons (Fsp3) is 0. The maximum absolute atomic E-state index is 10.8. The number of pyridine rings is 1. The predicted molar refractivity (Wildman–Crippen MR) is 71.7 cm³/mol. The number of nitrogens with zero attached hydrogens (tertiary/aromatic N) is 1. The van der Waals surface area contributed by atoms with Crippen molar-refractivity contribution in [3.05, 3.63) is 51.1 Å². The zero-order valence-corrected chi connectivity index (χ0v) is 11.1. The quantitative estimate of drug-likeness (QED) is 0.894. The summed E-state index contributed by atoms with van der Waals surface area (Å²) in [5, 5.41) is 9.87. The number of aromatic nitrogens is 1. The molecule has 0 atom stereocenters. The molecule has 0 aliphatic rings. The SMILES string of the molecule is O=C(O)c1cnc(-c2ccc(Cl)c(Cl)c2)c(Cl)c1. The standard InChI is InChI=1S/C12H6Cl3NO2/c13-8-2-1-6(3-9(8)14)11-10(15)4-7(5-16-11)12(17)18/h1-5H,(H,17,18). The van der Waals surface area contributed by atoms with Gasteiger partial charge >= 0.3 is 5.97 Å². The summed E-state index contributed by atoms with van der Waals surface area (Å²) in [6, 6.07) is 6.30. The zero-order valence-electron chi connectivity index (χ0n) is 8.82. The Bertz CT molecular complexity index is 629. The van der Waals surface area contributed by atoms with Gasteiger partial charge in [-0.15, -0.1) is 0 Å². The van der Waals surface area contributed by atoms with E-state index in [1.54, 1.807) is 18.2 Å². The molecule has 0 spiro atoms. The normalized spacial score (nSPS) is 10.4. The number of carboxylic acid groups (broad SMARTS) is 1. The van der Waals surface area contributed by atoms with Gasteiger partial charge in [0.15, 0.2) is 0 Å². The third-order valence-corrected chi connectivity index (χ3v) is 3.31. The monoisotopic (exact) mass is 301 g/mol. The molecule has 0 aliphatic heterocycles. The molecule has 1 N–H and O–H groups in total. The van der Waals surface area contributed by atoms with Gasteiger partial charge in [-0.25, -0.2) is 4.79 Å². The molecule has 2 rings (SSSR count). The fourth-order valence-electron chi connectivity index (χ4n) is 1.41. The molecular formula is C12H6Cl3NO2. The number of aromatic carboxylic acids is 1. The molecule has 6 heteroatoms. The lowest BCUT2D eigenvalue weighted by Gasteiger charge is -2.05. The first-order valence-electron chi connectivity index (χ1n) is 4.83. The van der Waals surface area contributed by atoms with E-state index in [1.807, 2.05) is 0 Å². The third-order valence-electron chi connectivity index (χ3n) is 2.28. The third kappa shape index (κ3) is 2.58. The lowest BCUT2D eigenvalue weighted by atomic mass is 10.1. The molecule has 1 aromatic heterocycles. The molecule has 2 aromatic rings. The minimum Gasteiger partial charge on any atom is -0.478 e. The Labute approximate surface area is 118 Å². The van der Waals surface area contributed by atoms with Crippen molar-refractivity contribution in [1.29, 1.82) is 0 Å². The van der Waals surface area contributed by atoms with Crippen molar-refractivity contribution in [2.75, 3.05) is 0 Å². The molecule has 0 amide bonds. The van der Waals surface area contributed by atoms with E-state index in [1.165, 1.54) is 12.3 Å². The second kappa shape index (κ2) is 5.14. The molecule has 1 aromatic carbocycles. The van der Waals surface area contributed by atoms with Gasteiger partial charge in [-0.05, 0) is 18.2 Å². The molecule has 0 bridgehead atoms. The Morgan fingerprint density at radius 1 is 1.06 bits per heavy atom. The van der Waals surface area contributed by atoms with E-state index in [2.05, 4.69) is 4.98 Å². The Hall–Kier alpha value is -1.29. The van der Waals surface area contributed by atoms with Gasteiger partial charge in [0, 0.05) is 11.8 Å². The topological polar surface area (TPSA) is 50.2 Å². The summed E-state index contributed by atoms with van der Waals surface area (Å²) < 4.78 is 0. The van der Waals surface area contributed by atoms with Crippen LogP contribution >= 0.6 is 34.8 Å². The number of hydrogen-bond donors (Lipinski definition) is 1. The maximum Gasteiger partial charge on any atom is 0.337 e. The summed E-state index contributed by atoms with van der Waals surface area (Å²) >= 11 is 17.7. The Morgan fingerprint density at radius 3 is 2.33 bits per heavy atom. The van der Waals surface area contributed by atoms with Crippen LogP contribution in [0, 0.1) is 0 Å². The summed E-state index contributed by atoms with van der Waals surface area (Å²) in [4.78, 5) is 14.8. The van der Waals surface area contributed by atoms with Gasteiger partial charge < -0.3 is 5.11 Å². The van der Waals surface area contributed by atoms with Crippen molar-refractivity contribution < 1.29 is 9.90 Å². The number of benzene rings is 1. The molecule has 1 heterocycles. The second-order valence-electron chi connectivity index (χ2n) is 3.49. The minimum absolute atomic E-state index is 0.0313. The smallest absolute Gasteiger partial charge is 0.337 e. The largest absolute Gasteiger partial charge is 0.478 e. The van der Waals surface area contributed by atoms with Crippen molar-refractivity contribution in [3.8, 4) is 11.3 Å². The van der Waals surface area contributed by atoms with E-state index in [-0.39, 0.29) is 10.6 Å². The molecule has 0 fully saturated rings. The van der Waals surface area contributed by atoms with Gasteiger partial charge in [-0.3, -0.25) is 4.98 Å². The summed E-state index contributed by atoms with van der Waals surface area (Å²) in [5.41, 5.74) is 1.16. The Morgan fingerprint density at radius 2 is 1.78 bits per heavy atom. The Kier molecular flexibility index (Phi) is 3.76. The molecule has 0 unspecified atom stereocenters. The second-order valence-corrected chi connectivity index (χ2v) is 4.71. The van der Waals surface area contributed by atoms with Gasteiger partial charge in [0.25, 0.3) is 0 Å². The van der Waals surface area contributed by atoms with Crippen LogP contribution in [0.5, 0.6) is 0 Å². The highest BCUT2D eigenvalue weighted by molar-refractivity contribution is 6.42. The van der Waals surface area contributed by atoms with Crippen LogP contribution < -0.4 is 0 Å². The highest BCUT2D eigenvalue weighted by Gasteiger charge is 2.11. The molecule has 92 valence electrons. The molecule has 0 saturated heterocycles. The van der Waals surface area contributed by atoms with E-state index in [0.717, 1.165) is 0 Å². The van der Waals surface area contributed by atoms with E-state index in [9.17, 15) is 4.79 Å². The van der Waals surface area contributed by atoms with Crippen LogP contribution in [0.25, 0.3) is 11.3 Å². The van der Waals surface area contributed by atoms with Gasteiger partial charge in [0.05, 0.1) is 26.3 Å². The molecule has 0 radical (unpaired) electrons. The number of hydrogen-bond acceptors (Lipinski definition) is 2. The van der Waals surface area contributed by atoms with E-state index in [4.69, 9.17) is 39.9 Å². The van der Waals surface area contributed by atoms with Crippen LogP contribution in [0.3, 0.4) is 0 Å². The van der Waals surface area contributed by atoms with E-state index >= 15 is 0 Å². The first-order valence-corrected chi connectivity index (χ1v) is 5.96. The van der Waals surface area contributed by atoms with Crippen molar-refractivity contribution in [3.63, 3.8) is 0 Å². The molecular weight excluding hydrogens is 296 g/mol. The molecule has 0 aliphatic carbocycles. The highest BCUT2D eigenvalue weighted by Crippen LogP contribution is 2.31. The van der Waals surface area contributed by atoms with Crippen LogP contribution in [0.15, 0.2) is 30.5 Å². The zero-order chi connectivity index (χ0) is 13.3. The van der Waals surface area contributed by atoms with Crippen molar-refractivity contribution in [2.24, 2.45) is 0 Å². The predicted octanol–water partition coefficient (Wildman–Crippen LogP) is 4.41. The van der Waals surface area contributed by atoms with Crippen LogP contribution in [-0.4, -0.2) is 16.1 Å². The van der Waals surface area contributed by atoms with Gasteiger partial charge in [0.1, 0.15) is 0 Å². The lowest BCUT2D eigenvalue weighted by Crippen LogP contribution is -1.98. The molecule has 0 saturated carbocycles. The maximum atomic E-state index is 10.8. The summed E-state index contributed by atoms with van der Waals surface area (Å²) in [5.74, 6) is -1.08. The average Bonchev–Trinajstić information content (AvgIpc) is 2.32. The van der Waals surface area contributed by atoms with Crippen molar-refractivity contribution in [1.82, 2.24) is 4.98 Å². The van der Waals surface area contributed by atoms with Crippen molar-refractivity contribution in [2.45, 2.75) is 0 Å². The minimum atomic E-state index is -1.08.